The molecular weight excluding hydrogens is 997 g/mol. The molecule has 0 spiro atoms. The van der Waals surface area contributed by atoms with Crippen molar-refractivity contribution in [1.29, 1.82) is 0 Å². The van der Waals surface area contributed by atoms with Crippen LogP contribution in [-0.2, 0) is 28.6 Å². The van der Waals surface area contributed by atoms with Crippen molar-refractivity contribution in [3.05, 3.63) is 134 Å². The number of ether oxygens (including phenoxy) is 3. The van der Waals surface area contributed by atoms with Gasteiger partial charge >= 0.3 is 17.9 Å². The summed E-state index contributed by atoms with van der Waals surface area (Å²) in [4.78, 5) is 38.5. The van der Waals surface area contributed by atoms with Crippen LogP contribution in [0.4, 0.5) is 0 Å². The fourth-order valence-corrected chi connectivity index (χ4v) is 9.14. The van der Waals surface area contributed by atoms with Gasteiger partial charge in [-0.15, -0.1) is 0 Å². The van der Waals surface area contributed by atoms with Crippen LogP contribution in [0.5, 0.6) is 0 Å². The lowest BCUT2D eigenvalue weighted by molar-refractivity contribution is -0.167. The van der Waals surface area contributed by atoms with Crippen LogP contribution in [0.3, 0.4) is 0 Å². The summed E-state index contributed by atoms with van der Waals surface area (Å²) in [5, 5.41) is 0. The molecule has 0 saturated heterocycles. The number of hydrogen-bond acceptors (Lipinski definition) is 6. The van der Waals surface area contributed by atoms with E-state index in [0.29, 0.717) is 19.3 Å². The van der Waals surface area contributed by atoms with Gasteiger partial charge in [0.05, 0.1) is 0 Å². The van der Waals surface area contributed by atoms with Crippen LogP contribution in [0.1, 0.15) is 303 Å². The first-order valence-corrected chi connectivity index (χ1v) is 33.7. The van der Waals surface area contributed by atoms with Gasteiger partial charge in [0.25, 0.3) is 0 Å². The first kappa shape index (κ1) is 76.5. The van der Waals surface area contributed by atoms with Crippen molar-refractivity contribution in [2.45, 2.75) is 309 Å². The molecule has 0 radical (unpaired) electrons. The molecule has 1 atom stereocenters. The zero-order valence-corrected chi connectivity index (χ0v) is 52.8. The number of unbranched alkanes of at least 4 members (excludes halogenated alkanes) is 27. The molecule has 460 valence electrons. The highest BCUT2D eigenvalue weighted by atomic mass is 16.6. The minimum Gasteiger partial charge on any atom is -0.462 e. The van der Waals surface area contributed by atoms with Crippen molar-refractivity contribution in [2.24, 2.45) is 0 Å². The van der Waals surface area contributed by atoms with Crippen LogP contribution in [0, 0.1) is 0 Å². The molecule has 0 saturated carbocycles. The zero-order chi connectivity index (χ0) is 58.5. The third kappa shape index (κ3) is 66.2. The Balaban J connectivity index is 4.43. The van der Waals surface area contributed by atoms with Crippen LogP contribution in [0.2, 0.25) is 0 Å². The Kier molecular flexibility index (Phi) is 64.3. The number of esters is 3. The Morgan fingerprint density at radius 3 is 0.753 bits per heavy atom. The first-order valence-electron chi connectivity index (χ1n) is 33.7. The van der Waals surface area contributed by atoms with Gasteiger partial charge in [0.1, 0.15) is 13.2 Å². The van der Waals surface area contributed by atoms with Crippen LogP contribution in [0.15, 0.2) is 134 Å². The van der Waals surface area contributed by atoms with Crippen molar-refractivity contribution in [1.82, 2.24) is 0 Å². The number of allylic oxidation sites excluding steroid dienone is 22. The maximum absolute atomic E-state index is 13.0. The molecule has 0 amide bonds. The van der Waals surface area contributed by atoms with E-state index in [1.165, 1.54) is 128 Å². The molecule has 0 rings (SSSR count). The van der Waals surface area contributed by atoms with E-state index in [1.807, 2.05) is 0 Å². The quantitative estimate of drug-likeness (QED) is 0.0261. The summed E-state index contributed by atoms with van der Waals surface area (Å²) < 4.78 is 17.0. The number of carbonyl (C=O) groups is 3. The SMILES string of the molecule is CC/C=C\C/C=C\C/C=C\C/C=C\C/C=C\CCCCCCCCCC(=O)OCC(COC(=O)CCCCCCCCC/C=C\C/C=C\CCCCC)OC(=O)CCCCCCCCCCCC/C=C\C/C=C\C/C=C\C/C=C\CC. The molecule has 0 bridgehead atoms. The summed E-state index contributed by atoms with van der Waals surface area (Å²) in [7, 11) is 0. The molecule has 0 aliphatic rings. The summed E-state index contributed by atoms with van der Waals surface area (Å²) >= 11 is 0. The molecular formula is C75H124O6. The van der Waals surface area contributed by atoms with E-state index < -0.39 is 6.10 Å². The molecule has 0 aliphatic heterocycles. The number of rotatable bonds is 60. The van der Waals surface area contributed by atoms with Crippen LogP contribution >= 0.6 is 0 Å². The van der Waals surface area contributed by atoms with Crippen molar-refractivity contribution in [3.63, 3.8) is 0 Å². The number of hydrogen-bond donors (Lipinski definition) is 0. The maximum atomic E-state index is 13.0. The van der Waals surface area contributed by atoms with Gasteiger partial charge in [-0.05, 0) is 135 Å². The molecule has 0 aromatic rings. The molecule has 0 aromatic carbocycles. The van der Waals surface area contributed by atoms with Gasteiger partial charge in [0.15, 0.2) is 6.10 Å². The molecule has 0 heterocycles. The van der Waals surface area contributed by atoms with Gasteiger partial charge in [-0.2, -0.15) is 0 Å². The molecule has 81 heavy (non-hydrogen) atoms. The standard InChI is InChI=1S/C75H124O6/c1-4-7-10-13-16-19-22-25-28-31-33-35-37-39-41-44-47-50-53-56-59-62-65-68-74(77)80-71-72(70-79-73(76)67-64-61-58-55-52-49-46-43-30-27-24-21-18-15-12-9-6-3)81-75(78)69-66-63-60-57-54-51-48-45-42-40-38-36-34-32-29-26-23-20-17-14-11-8-5-2/h7-8,10-11,16-21,25-30,33-36,39,41,72H,4-6,9,12-15,22-24,31-32,37-38,40,42-71H2,1-3H3/b10-7-,11-8-,19-16-,20-17-,21-18-,28-25-,29-26-,30-27-,35-33-,36-34-,41-39-. The summed E-state index contributed by atoms with van der Waals surface area (Å²) in [5.74, 6) is -0.906. The highest BCUT2D eigenvalue weighted by Gasteiger charge is 2.19. The molecule has 6 nitrogen and oxygen atoms in total. The van der Waals surface area contributed by atoms with E-state index in [2.05, 4.69) is 154 Å². The minimum atomic E-state index is -0.796. The Morgan fingerprint density at radius 2 is 0.481 bits per heavy atom. The van der Waals surface area contributed by atoms with Crippen LogP contribution in [0.25, 0.3) is 0 Å². The maximum Gasteiger partial charge on any atom is 0.306 e. The van der Waals surface area contributed by atoms with Crippen molar-refractivity contribution >= 4 is 17.9 Å². The predicted octanol–water partition coefficient (Wildman–Crippen LogP) is 23.3. The molecule has 6 heteroatoms. The monoisotopic (exact) mass is 1120 g/mol. The minimum absolute atomic E-state index is 0.0902. The fourth-order valence-electron chi connectivity index (χ4n) is 9.14. The van der Waals surface area contributed by atoms with E-state index in [9.17, 15) is 14.4 Å². The summed E-state index contributed by atoms with van der Waals surface area (Å²) in [5.41, 5.74) is 0. The van der Waals surface area contributed by atoms with Crippen LogP contribution < -0.4 is 0 Å². The highest BCUT2D eigenvalue weighted by molar-refractivity contribution is 5.71. The van der Waals surface area contributed by atoms with E-state index in [1.54, 1.807) is 0 Å². The normalized spacial score (nSPS) is 13.0. The predicted molar refractivity (Wildman–Crippen MR) is 353 cm³/mol. The smallest absolute Gasteiger partial charge is 0.306 e. The molecule has 0 aromatic heterocycles. The van der Waals surface area contributed by atoms with E-state index in [4.69, 9.17) is 14.2 Å². The largest absolute Gasteiger partial charge is 0.462 e. The third-order valence-corrected chi connectivity index (χ3v) is 14.1. The lowest BCUT2D eigenvalue weighted by Gasteiger charge is -2.18. The van der Waals surface area contributed by atoms with Gasteiger partial charge in [-0.25, -0.2) is 0 Å². The van der Waals surface area contributed by atoms with Gasteiger partial charge in [0.2, 0.25) is 0 Å². The molecule has 0 fully saturated rings. The van der Waals surface area contributed by atoms with Crippen LogP contribution in [-0.4, -0.2) is 37.2 Å². The second-order valence-corrected chi connectivity index (χ2v) is 22.0. The van der Waals surface area contributed by atoms with E-state index >= 15 is 0 Å². The van der Waals surface area contributed by atoms with Crippen molar-refractivity contribution < 1.29 is 28.6 Å². The Bertz CT molecular complexity index is 1720. The average molecular weight is 1120 g/mol. The van der Waals surface area contributed by atoms with Crippen molar-refractivity contribution in [3.8, 4) is 0 Å². The lowest BCUT2D eigenvalue weighted by atomic mass is 10.0. The summed E-state index contributed by atoms with van der Waals surface area (Å²) in [6.07, 6.45) is 95.9. The van der Waals surface area contributed by atoms with E-state index in [0.717, 1.165) is 135 Å². The summed E-state index contributed by atoms with van der Waals surface area (Å²) in [6.45, 7) is 6.39. The third-order valence-electron chi connectivity index (χ3n) is 14.1. The second-order valence-electron chi connectivity index (χ2n) is 22.0. The van der Waals surface area contributed by atoms with Gasteiger partial charge < -0.3 is 14.2 Å². The topological polar surface area (TPSA) is 78.9 Å². The van der Waals surface area contributed by atoms with Gasteiger partial charge in [0, 0.05) is 19.3 Å². The molecule has 1 unspecified atom stereocenters. The first-order chi connectivity index (χ1) is 40.0. The van der Waals surface area contributed by atoms with Gasteiger partial charge in [-0.1, -0.05) is 283 Å². The Morgan fingerprint density at radius 1 is 0.259 bits per heavy atom. The molecule has 0 N–H and O–H groups in total. The van der Waals surface area contributed by atoms with Gasteiger partial charge in [-0.3, -0.25) is 14.4 Å². The Labute approximate surface area is 500 Å². The molecule has 0 aliphatic carbocycles. The summed E-state index contributed by atoms with van der Waals surface area (Å²) in [6, 6.07) is 0. The van der Waals surface area contributed by atoms with Crippen molar-refractivity contribution in [2.75, 3.05) is 13.2 Å². The zero-order valence-electron chi connectivity index (χ0n) is 52.8. The Hall–Kier alpha value is -4.45. The van der Waals surface area contributed by atoms with E-state index in [-0.39, 0.29) is 31.1 Å². The highest BCUT2D eigenvalue weighted by Crippen LogP contribution is 2.16. The average Bonchev–Trinajstić information content (AvgIpc) is 3.47. The fraction of sp³-hybridized carbons (Fsp3) is 0.667. The number of carbonyl (C=O) groups excluding carboxylic acids is 3. The lowest BCUT2D eigenvalue weighted by Crippen LogP contribution is -2.30. The second kappa shape index (κ2) is 68.1.